The molecule has 0 aliphatic carbocycles. The number of nitrogens with zero attached hydrogens (tertiary/aromatic N) is 2. The Labute approximate surface area is 176 Å². The predicted octanol–water partition coefficient (Wildman–Crippen LogP) is -3.54. The lowest BCUT2D eigenvalue weighted by atomic mass is 9.95. The number of nitrogens with one attached hydrogen (secondary N) is 2. The highest BCUT2D eigenvalue weighted by Crippen LogP contribution is 2.26. The van der Waals surface area contributed by atoms with Crippen LogP contribution in [0.5, 0.6) is 0 Å². The molecule has 0 aromatic carbocycles. The minimum Gasteiger partial charge on any atom is -1.00 e. The van der Waals surface area contributed by atoms with Crippen LogP contribution in [-0.4, -0.2) is 85.5 Å². The van der Waals surface area contributed by atoms with Crippen molar-refractivity contribution < 1.29 is 33.8 Å². The lowest BCUT2D eigenvalue weighted by Crippen LogP contribution is -3.00. The van der Waals surface area contributed by atoms with Crippen molar-refractivity contribution in [2.45, 2.75) is 66.5 Å². The lowest BCUT2D eigenvalue weighted by molar-refractivity contribution is -0.971. The Morgan fingerprint density at radius 2 is 0.885 bits per heavy atom. The highest BCUT2D eigenvalue weighted by atomic mass is 35.5. The average molecular weight is 414 g/mol. The molecule has 2 N–H and O–H groups in total. The molecule has 0 spiro atoms. The molecule has 160 valence electrons. The summed E-state index contributed by atoms with van der Waals surface area (Å²) in [5, 5.41) is 6.97. The minimum absolute atomic E-state index is 0. The van der Waals surface area contributed by atoms with E-state index in [0.29, 0.717) is 11.1 Å². The molecule has 0 bridgehead atoms. The summed E-state index contributed by atoms with van der Waals surface area (Å²) in [5.41, 5.74) is 0.837. The molecular weight excluding hydrogens is 367 g/mol. The molecule has 2 rings (SSSR count). The fourth-order valence-electron chi connectivity index (χ4n) is 5.11. The summed E-state index contributed by atoms with van der Waals surface area (Å²) >= 11 is 0. The number of hydrogen-bond acceptors (Lipinski definition) is 2. The van der Waals surface area contributed by atoms with Gasteiger partial charge in [0.05, 0.1) is 52.4 Å². The van der Waals surface area contributed by atoms with Gasteiger partial charge >= 0.3 is 0 Å². The van der Waals surface area contributed by atoms with Crippen LogP contribution in [0.3, 0.4) is 0 Å². The van der Waals surface area contributed by atoms with Crippen molar-refractivity contribution in [3.63, 3.8) is 0 Å². The lowest BCUT2D eigenvalue weighted by Gasteiger charge is -2.52. The molecule has 2 aliphatic rings. The Balaban J connectivity index is 0. The Morgan fingerprint density at radius 1 is 0.615 bits per heavy atom. The number of halogens is 2. The Kier molecular flexibility index (Phi) is 12.6. The van der Waals surface area contributed by atoms with Crippen LogP contribution in [0.4, 0.5) is 0 Å². The minimum atomic E-state index is 0. The molecule has 26 heavy (non-hydrogen) atoms. The van der Waals surface area contributed by atoms with E-state index in [4.69, 9.17) is 0 Å². The molecule has 2 aliphatic heterocycles. The van der Waals surface area contributed by atoms with Crippen molar-refractivity contribution in [3.05, 3.63) is 0 Å². The molecule has 4 nitrogen and oxygen atoms in total. The van der Waals surface area contributed by atoms with E-state index >= 15 is 0 Å². The van der Waals surface area contributed by atoms with Crippen LogP contribution in [-0.2, 0) is 0 Å². The fraction of sp³-hybridized carbons (Fsp3) is 1.00. The summed E-state index contributed by atoms with van der Waals surface area (Å²) < 4.78 is 2.56. The number of hydrogen-bond donors (Lipinski definition) is 2. The van der Waals surface area contributed by atoms with Gasteiger partial charge in [-0.1, -0.05) is 0 Å². The van der Waals surface area contributed by atoms with E-state index in [2.05, 4.69) is 66.0 Å². The van der Waals surface area contributed by atoms with E-state index in [1.54, 1.807) is 0 Å². The molecule has 0 atom stereocenters. The molecule has 0 unspecified atom stereocenters. The molecule has 0 amide bonds. The first-order valence-corrected chi connectivity index (χ1v) is 10.3. The Morgan fingerprint density at radius 3 is 1.04 bits per heavy atom. The smallest absolute Gasteiger partial charge is 0.106 e. The van der Waals surface area contributed by atoms with E-state index in [-0.39, 0.29) is 24.8 Å². The maximum absolute atomic E-state index is 3.48. The van der Waals surface area contributed by atoms with Crippen LogP contribution in [0.1, 0.15) is 55.4 Å². The van der Waals surface area contributed by atoms with Crippen LogP contribution in [0.15, 0.2) is 0 Å². The highest BCUT2D eigenvalue weighted by Gasteiger charge is 2.43. The van der Waals surface area contributed by atoms with Crippen molar-refractivity contribution in [3.8, 4) is 0 Å². The first kappa shape index (κ1) is 28.6. The number of likely N-dealkylation sites (N-methyl/N-ethyl adjacent to an activating group) is 2. The van der Waals surface area contributed by atoms with E-state index < -0.39 is 0 Å². The zero-order valence-corrected chi connectivity index (χ0v) is 20.2. The standard InChI is InChI=1S/2C10H23N2.2ClH/c2*1-5-12(6-2)8-7-11-9-10(12,3)4;;/h2*11H,5-9H2,1-4H3;2*1H/q2*+1;;/p-2. The van der Waals surface area contributed by atoms with Crippen molar-refractivity contribution in [2.24, 2.45) is 0 Å². The van der Waals surface area contributed by atoms with Gasteiger partial charge in [0.15, 0.2) is 0 Å². The van der Waals surface area contributed by atoms with Gasteiger partial charge in [0.25, 0.3) is 0 Å². The summed E-state index contributed by atoms with van der Waals surface area (Å²) in [6.07, 6.45) is 0. The summed E-state index contributed by atoms with van der Waals surface area (Å²) in [5.74, 6) is 0. The fourth-order valence-corrected chi connectivity index (χ4v) is 5.11. The quantitative estimate of drug-likeness (QED) is 0.467. The summed E-state index contributed by atoms with van der Waals surface area (Å²) in [6.45, 7) is 31.1. The average Bonchev–Trinajstić information content (AvgIpc) is 2.56. The first-order chi connectivity index (χ1) is 11.2. The van der Waals surface area contributed by atoms with E-state index in [9.17, 15) is 0 Å². The SMILES string of the molecule is CC[N+]1(CC)CCNCC1(C)C.CC[N+]1(CC)CCNCC1(C)C.[Cl-].[Cl-]. The zero-order valence-electron chi connectivity index (χ0n) is 18.7. The molecule has 0 aromatic heterocycles. The van der Waals surface area contributed by atoms with Gasteiger partial charge in [-0.05, 0) is 55.4 Å². The largest absolute Gasteiger partial charge is 1.00 e. The van der Waals surface area contributed by atoms with Gasteiger partial charge in [-0.25, -0.2) is 0 Å². The second kappa shape index (κ2) is 11.4. The summed E-state index contributed by atoms with van der Waals surface area (Å²) in [7, 11) is 0. The second-order valence-electron chi connectivity index (χ2n) is 8.98. The Bertz CT molecular complexity index is 342. The van der Waals surface area contributed by atoms with Crippen LogP contribution < -0.4 is 35.4 Å². The van der Waals surface area contributed by atoms with Gasteiger partial charge in [0, 0.05) is 13.1 Å². The third-order valence-electron chi connectivity index (χ3n) is 7.54. The van der Waals surface area contributed by atoms with Gasteiger partial charge < -0.3 is 44.4 Å². The molecule has 0 aromatic rings. The third-order valence-corrected chi connectivity index (χ3v) is 7.54. The van der Waals surface area contributed by atoms with Crippen molar-refractivity contribution >= 4 is 0 Å². The molecule has 2 fully saturated rings. The molecular formula is C20H46Cl2N4. The van der Waals surface area contributed by atoms with Gasteiger partial charge in [-0.3, -0.25) is 0 Å². The second-order valence-corrected chi connectivity index (χ2v) is 8.98. The summed E-state index contributed by atoms with van der Waals surface area (Å²) in [4.78, 5) is 0. The first-order valence-electron chi connectivity index (χ1n) is 10.3. The molecule has 0 saturated carbocycles. The highest BCUT2D eigenvalue weighted by molar-refractivity contribution is 4.79. The van der Waals surface area contributed by atoms with Crippen molar-refractivity contribution in [1.29, 1.82) is 0 Å². The van der Waals surface area contributed by atoms with Crippen LogP contribution in [0.2, 0.25) is 0 Å². The molecule has 2 heterocycles. The number of quaternary nitrogens is 2. The maximum atomic E-state index is 3.48. The predicted molar refractivity (Wildman–Crippen MR) is 106 cm³/mol. The van der Waals surface area contributed by atoms with Crippen LogP contribution >= 0.6 is 0 Å². The topological polar surface area (TPSA) is 24.1 Å². The van der Waals surface area contributed by atoms with Crippen molar-refractivity contribution in [2.75, 3.05) is 65.4 Å². The molecule has 2 saturated heterocycles. The van der Waals surface area contributed by atoms with E-state index in [0.717, 1.165) is 13.1 Å². The third kappa shape index (κ3) is 5.71. The maximum Gasteiger partial charge on any atom is 0.106 e. The van der Waals surface area contributed by atoms with Gasteiger partial charge in [0.1, 0.15) is 11.1 Å². The van der Waals surface area contributed by atoms with Gasteiger partial charge in [-0.2, -0.15) is 0 Å². The zero-order chi connectivity index (χ0) is 18.5. The van der Waals surface area contributed by atoms with Crippen LogP contribution in [0.25, 0.3) is 0 Å². The Hall–Kier alpha value is 0.420. The van der Waals surface area contributed by atoms with E-state index in [1.165, 1.54) is 61.3 Å². The van der Waals surface area contributed by atoms with E-state index in [1.807, 2.05) is 0 Å². The summed E-state index contributed by atoms with van der Waals surface area (Å²) in [6, 6.07) is 0. The normalized spacial score (nSPS) is 24.9. The number of piperazine rings is 2. The molecule has 0 radical (unpaired) electrons. The van der Waals surface area contributed by atoms with Gasteiger partial charge in [-0.15, -0.1) is 0 Å². The monoisotopic (exact) mass is 412 g/mol. The number of rotatable bonds is 4. The molecule has 6 heteroatoms. The van der Waals surface area contributed by atoms with Crippen molar-refractivity contribution in [1.82, 2.24) is 10.6 Å². The van der Waals surface area contributed by atoms with Gasteiger partial charge in [0.2, 0.25) is 0 Å². The van der Waals surface area contributed by atoms with Crippen LogP contribution in [0, 0.1) is 0 Å².